The largest absolute Gasteiger partial charge is 0.397 e. The second kappa shape index (κ2) is 10.5. The number of anilines is 2. The van der Waals surface area contributed by atoms with Crippen molar-refractivity contribution in [2.75, 3.05) is 37.4 Å². The van der Waals surface area contributed by atoms with Gasteiger partial charge in [0.05, 0.1) is 30.5 Å². The van der Waals surface area contributed by atoms with Gasteiger partial charge in [-0.3, -0.25) is 4.79 Å². The number of nitrogens with two attached hydrogens (primary N) is 2. The van der Waals surface area contributed by atoms with Crippen LogP contribution in [0.4, 0.5) is 15.9 Å². The van der Waals surface area contributed by atoms with E-state index in [-0.39, 0.29) is 36.0 Å². The number of pyridine rings is 2. The summed E-state index contributed by atoms with van der Waals surface area (Å²) in [7, 11) is 1.63. The van der Waals surface area contributed by atoms with Gasteiger partial charge in [-0.05, 0) is 45.2 Å². The Labute approximate surface area is 219 Å². The molecule has 0 spiro atoms. The van der Waals surface area contributed by atoms with E-state index in [9.17, 15) is 4.79 Å². The summed E-state index contributed by atoms with van der Waals surface area (Å²) in [5.41, 5.74) is 15.1. The Morgan fingerprint density at radius 1 is 1.35 bits per heavy atom. The van der Waals surface area contributed by atoms with Crippen LogP contribution in [-0.2, 0) is 22.3 Å². The number of amides is 1. The van der Waals surface area contributed by atoms with Gasteiger partial charge in [-0.1, -0.05) is 0 Å². The zero-order chi connectivity index (χ0) is 26.3. The van der Waals surface area contributed by atoms with Gasteiger partial charge in [0.15, 0.2) is 0 Å². The lowest BCUT2D eigenvalue weighted by atomic mass is 9.91. The zero-order valence-electron chi connectivity index (χ0n) is 21.3. The normalized spacial score (nSPS) is 22.3. The molecule has 4 unspecified atom stereocenters. The van der Waals surface area contributed by atoms with Crippen LogP contribution >= 0.6 is 11.3 Å². The number of carbonyl (C=O) groups excluding carboxylic acids is 1. The first-order valence-corrected chi connectivity index (χ1v) is 13.3. The molecule has 4 heterocycles. The summed E-state index contributed by atoms with van der Waals surface area (Å²) in [5, 5.41) is 3.82. The highest BCUT2D eigenvalue weighted by Crippen LogP contribution is 2.33. The number of hydrogen-bond donors (Lipinski definition) is 3. The highest BCUT2D eigenvalue weighted by atomic mass is 32.1. The number of hydrogen-bond acceptors (Lipinski definition) is 9. The predicted molar refractivity (Wildman–Crippen MR) is 143 cm³/mol. The smallest absolute Gasteiger partial charge is 0.263 e. The minimum absolute atomic E-state index is 0.0790. The number of carbonyl (C=O) groups is 1. The number of ether oxygens (including phenoxy) is 2. The second-order valence-corrected chi connectivity index (χ2v) is 11.0. The van der Waals surface area contributed by atoms with E-state index >= 15 is 4.39 Å². The average Bonchev–Trinajstić information content (AvgIpc) is 3.38. The molecule has 2 aliphatic rings. The maximum atomic E-state index is 15.3. The summed E-state index contributed by atoms with van der Waals surface area (Å²) in [6, 6.07) is 4.83. The number of aryl methyl sites for hydroxylation is 2. The molecule has 4 atom stereocenters. The van der Waals surface area contributed by atoms with Crippen LogP contribution in [0.2, 0.25) is 0 Å². The molecule has 11 heteroatoms. The Morgan fingerprint density at radius 2 is 2.16 bits per heavy atom. The molecule has 3 aromatic heterocycles. The van der Waals surface area contributed by atoms with E-state index in [1.54, 1.807) is 7.11 Å². The molecule has 1 amide bonds. The van der Waals surface area contributed by atoms with Crippen LogP contribution in [0.15, 0.2) is 18.2 Å². The minimum atomic E-state index is -0.314. The number of fused-ring (bicyclic) bond motifs is 2. The third-order valence-corrected chi connectivity index (χ3v) is 8.15. The number of nitrogens with zero attached hydrogens (tertiary/aromatic N) is 3. The molecule has 0 aromatic carbocycles. The standard InChI is InChI=1S/C26H33FN6O3S/c1-13-4-6-16-23(29)24(37-26(16)30-13)25(34)31-15-5-7-20-17(8-15)18(27)9-22(32-20)33-10-19(28)21(11-33)36-14(2)12-35-3/h4,6,9,14-15,19,21H,5,7-8,10-12,28-29H2,1-3H3,(H,31,34). The van der Waals surface area contributed by atoms with Crippen molar-refractivity contribution >= 4 is 39.0 Å². The van der Waals surface area contributed by atoms with Gasteiger partial charge in [-0.2, -0.15) is 0 Å². The fourth-order valence-electron chi connectivity index (χ4n) is 5.15. The van der Waals surface area contributed by atoms with Crippen molar-refractivity contribution in [1.82, 2.24) is 15.3 Å². The lowest BCUT2D eigenvalue weighted by molar-refractivity contribution is -0.0348. The van der Waals surface area contributed by atoms with Crippen molar-refractivity contribution in [2.45, 2.75) is 57.4 Å². The molecule has 1 saturated heterocycles. The molecule has 1 aliphatic carbocycles. The SMILES string of the molecule is COCC(C)OC1CN(c2cc(F)c3c(n2)CCC(NC(=O)c2sc4nc(C)ccc4c2N)C3)CC1N. The van der Waals surface area contributed by atoms with E-state index in [1.165, 1.54) is 17.4 Å². The van der Waals surface area contributed by atoms with E-state index in [0.29, 0.717) is 60.9 Å². The molecule has 0 saturated carbocycles. The van der Waals surface area contributed by atoms with Crippen LogP contribution in [-0.4, -0.2) is 67.0 Å². The number of halogens is 1. The fourth-order valence-corrected chi connectivity index (χ4v) is 6.20. The lowest BCUT2D eigenvalue weighted by Gasteiger charge is -2.27. The number of rotatable bonds is 7. The monoisotopic (exact) mass is 528 g/mol. The molecule has 37 heavy (non-hydrogen) atoms. The zero-order valence-corrected chi connectivity index (χ0v) is 22.1. The molecular weight excluding hydrogens is 495 g/mol. The van der Waals surface area contributed by atoms with Gasteiger partial charge in [-0.25, -0.2) is 14.4 Å². The van der Waals surface area contributed by atoms with E-state index in [0.717, 1.165) is 21.6 Å². The third-order valence-electron chi connectivity index (χ3n) is 7.04. The summed E-state index contributed by atoms with van der Waals surface area (Å²) in [4.78, 5) is 25.4. The first-order chi connectivity index (χ1) is 17.7. The molecule has 0 radical (unpaired) electrons. The predicted octanol–water partition coefficient (Wildman–Crippen LogP) is 2.58. The van der Waals surface area contributed by atoms with E-state index < -0.39 is 0 Å². The van der Waals surface area contributed by atoms with Crippen molar-refractivity contribution in [3.63, 3.8) is 0 Å². The molecule has 5 N–H and O–H groups in total. The number of thiophene rings is 1. The summed E-state index contributed by atoms with van der Waals surface area (Å²) < 4.78 is 26.4. The molecule has 9 nitrogen and oxygen atoms in total. The van der Waals surface area contributed by atoms with E-state index in [1.807, 2.05) is 30.9 Å². The number of nitrogens with one attached hydrogen (secondary N) is 1. The van der Waals surface area contributed by atoms with Crippen LogP contribution in [0.5, 0.6) is 0 Å². The van der Waals surface area contributed by atoms with Crippen molar-refractivity contribution in [2.24, 2.45) is 5.73 Å². The van der Waals surface area contributed by atoms with Crippen LogP contribution < -0.4 is 21.7 Å². The highest BCUT2D eigenvalue weighted by Gasteiger charge is 2.34. The average molecular weight is 529 g/mol. The quantitative estimate of drug-likeness (QED) is 0.427. The first-order valence-electron chi connectivity index (χ1n) is 12.5. The van der Waals surface area contributed by atoms with E-state index in [4.69, 9.17) is 25.9 Å². The molecule has 0 bridgehead atoms. The van der Waals surface area contributed by atoms with Crippen molar-refractivity contribution in [1.29, 1.82) is 0 Å². The number of methoxy groups -OCH3 is 1. The van der Waals surface area contributed by atoms with Crippen LogP contribution in [0, 0.1) is 12.7 Å². The van der Waals surface area contributed by atoms with Gasteiger partial charge >= 0.3 is 0 Å². The van der Waals surface area contributed by atoms with Gasteiger partial charge in [0.25, 0.3) is 5.91 Å². The first kappa shape index (κ1) is 25.8. The van der Waals surface area contributed by atoms with Gasteiger partial charge < -0.3 is 31.2 Å². The Bertz CT molecular complexity index is 1320. The molecule has 198 valence electrons. The van der Waals surface area contributed by atoms with Crippen molar-refractivity contribution < 1.29 is 18.7 Å². The number of nitrogen functional groups attached to an aromatic ring is 1. The molecule has 5 rings (SSSR count). The Morgan fingerprint density at radius 3 is 2.95 bits per heavy atom. The Hall–Kier alpha value is -2.86. The highest BCUT2D eigenvalue weighted by molar-refractivity contribution is 7.21. The van der Waals surface area contributed by atoms with Crippen LogP contribution in [0.3, 0.4) is 0 Å². The Balaban J connectivity index is 1.26. The Kier molecular flexibility index (Phi) is 7.30. The van der Waals surface area contributed by atoms with Crippen LogP contribution in [0.25, 0.3) is 10.2 Å². The topological polar surface area (TPSA) is 129 Å². The minimum Gasteiger partial charge on any atom is -0.397 e. The lowest BCUT2D eigenvalue weighted by Crippen LogP contribution is -2.39. The summed E-state index contributed by atoms with van der Waals surface area (Å²) in [6.45, 7) is 5.41. The molecule has 1 aliphatic heterocycles. The molecule has 1 fully saturated rings. The summed E-state index contributed by atoms with van der Waals surface area (Å²) in [5.74, 6) is 0.00241. The van der Waals surface area contributed by atoms with Gasteiger partial charge in [-0.15, -0.1) is 11.3 Å². The third kappa shape index (κ3) is 5.26. The molecular formula is C26H33FN6O3S. The summed E-state index contributed by atoms with van der Waals surface area (Å²) >= 11 is 1.28. The summed E-state index contributed by atoms with van der Waals surface area (Å²) in [6.07, 6.45) is 1.35. The maximum Gasteiger partial charge on any atom is 0.263 e. The van der Waals surface area contributed by atoms with Crippen molar-refractivity contribution in [3.8, 4) is 0 Å². The van der Waals surface area contributed by atoms with Gasteiger partial charge in [0.2, 0.25) is 0 Å². The molecule has 3 aromatic rings. The second-order valence-electron chi connectivity index (χ2n) is 9.96. The van der Waals surface area contributed by atoms with Gasteiger partial charge in [0, 0.05) is 54.6 Å². The fraction of sp³-hybridized carbons (Fsp3) is 0.500. The van der Waals surface area contributed by atoms with Crippen LogP contribution in [0.1, 0.15) is 40.0 Å². The van der Waals surface area contributed by atoms with E-state index in [2.05, 4.69) is 10.3 Å². The number of aromatic nitrogens is 2. The van der Waals surface area contributed by atoms with Gasteiger partial charge in [0.1, 0.15) is 21.3 Å². The van der Waals surface area contributed by atoms with Crippen molar-refractivity contribution in [3.05, 3.63) is 45.8 Å². The maximum absolute atomic E-state index is 15.3.